The Morgan fingerprint density at radius 1 is 0.875 bits per heavy atom. The van der Waals surface area contributed by atoms with Crippen LogP contribution in [-0.2, 0) is 12.1 Å². The average molecular weight is 256 g/mol. The summed E-state index contributed by atoms with van der Waals surface area (Å²) in [6, 6.07) is 0. The standard InChI is InChI=1S/C5F8N2O/c6-3(7,5(11,12)13)1-14-2(16-15-1)4(8,9)10. The predicted octanol–water partition coefficient (Wildman–Crippen LogP) is 2.74. The third kappa shape index (κ3) is 2.07. The molecule has 92 valence electrons. The number of halogens is 8. The van der Waals surface area contributed by atoms with Crippen LogP contribution < -0.4 is 0 Å². The maximum absolute atomic E-state index is 12.4. The van der Waals surface area contributed by atoms with E-state index in [1.165, 1.54) is 0 Å². The highest BCUT2D eigenvalue weighted by Gasteiger charge is 2.62. The van der Waals surface area contributed by atoms with Crippen molar-refractivity contribution < 1.29 is 39.6 Å². The molecule has 0 N–H and O–H groups in total. The molecule has 0 amide bonds. The first kappa shape index (κ1) is 12.6. The van der Waals surface area contributed by atoms with Crippen LogP contribution in [0.5, 0.6) is 0 Å². The number of aromatic nitrogens is 2. The summed E-state index contributed by atoms with van der Waals surface area (Å²) < 4.78 is 98.3. The van der Waals surface area contributed by atoms with Gasteiger partial charge in [-0.15, -0.1) is 0 Å². The molecule has 0 aliphatic carbocycles. The number of hydrogen-bond donors (Lipinski definition) is 0. The van der Waals surface area contributed by atoms with Gasteiger partial charge in [0.2, 0.25) is 0 Å². The van der Waals surface area contributed by atoms with Gasteiger partial charge in [0.15, 0.2) is 0 Å². The molecule has 0 atom stereocenters. The maximum atomic E-state index is 12.4. The second kappa shape index (κ2) is 3.28. The Balaban J connectivity index is 3.13. The Morgan fingerprint density at radius 3 is 1.69 bits per heavy atom. The van der Waals surface area contributed by atoms with Crippen molar-refractivity contribution in [2.24, 2.45) is 0 Å². The Hall–Kier alpha value is -1.42. The van der Waals surface area contributed by atoms with Gasteiger partial charge in [-0.1, -0.05) is 5.16 Å². The molecule has 11 heteroatoms. The van der Waals surface area contributed by atoms with Crippen molar-refractivity contribution in [2.75, 3.05) is 0 Å². The van der Waals surface area contributed by atoms with E-state index in [9.17, 15) is 35.1 Å². The zero-order valence-electron chi connectivity index (χ0n) is 6.83. The van der Waals surface area contributed by atoms with Crippen LogP contribution >= 0.6 is 0 Å². The van der Waals surface area contributed by atoms with Crippen LogP contribution in [0.25, 0.3) is 0 Å². The molecular formula is C5F8N2O. The van der Waals surface area contributed by atoms with Crippen LogP contribution in [0, 0.1) is 0 Å². The van der Waals surface area contributed by atoms with Crippen LogP contribution in [0.15, 0.2) is 4.52 Å². The topological polar surface area (TPSA) is 38.9 Å². The van der Waals surface area contributed by atoms with E-state index >= 15 is 0 Å². The third-order valence-corrected chi connectivity index (χ3v) is 1.31. The maximum Gasteiger partial charge on any atom is 0.471 e. The molecule has 16 heavy (non-hydrogen) atoms. The monoisotopic (exact) mass is 256 g/mol. The van der Waals surface area contributed by atoms with Gasteiger partial charge in [0.05, 0.1) is 0 Å². The first-order chi connectivity index (χ1) is 6.96. The summed E-state index contributed by atoms with van der Waals surface area (Å²) in [5.41, 5.74) is 0. The molecule has 1 heterocycles. The van der Waals surface area contributed by atoms with Gasteiger partial charge in [-0.25, -0.2) is 0 Å². The zero-order chi connectivity index (χ0) is 12.8. The molecule has 3 nitrogen and oxygen atoms in total. The zero-order valence-corrected chi connectivity index (χ0v) is 6.83. The van der Waals surface area contributed by atoms with Gasteiger partial charge in [0, 0.05) is 0 Å². The smallest absolute Gasteiger partial charge is 0.329 e. The van der Waals surface area contributed by atoms with Crippen LogP contribution in [0.4, 0.5) is 35.1 Å². The van der Waals surface area contributed by atoms with E-state index in [4.69, 9.17) is 0 Å². The molecule has 0 fully saturated rings. The second-order valence-electron chi connectivity index (χ2n) is 2.49. The molecular weight excluding hydrogens is 256 g/mol. The van der Waals surface area contributed by atoms with E-state index in [-0.39, 0.29) is 0 Å². The summed E-state index contributed by atoms with van der Waals surface area (Å²) in [6.07, 6.45) is -11.4. The van der Waals surface area contributed by atoms with E-state index in [1.54, 1.807) is 0 Å². The number of rotatable bonds is 1. The summed E-state index contributed by atoms with van der Waals surface area (Å²) >= 11 is 0. The van der Waals surface area contributed by atoms with Gasteiger partial charge in [-0.05, 0) is 0 Å². The highest BCUT2D eigenvalue weighted by atomic mass is 19.4. The average Bonchev–Trinajstić information content (AvgIpc) is 2.47. The third-order valence-electron chi connectivity index (χ3n) is 1.31. The van der Waals surface area contributed by atoms with E-state index in [0.29, 0.717) is 0 Å². The molecule has 1 rings (SSSR count). The summed E-state index contributed by atoms with van der Waals surface area (Å²) in [4.78, 5) is 1.95. The largest absolute Gasteiger partial charge is 0.471 e. The van der Waals surface area contributed by atoms with Crippen molar-refractivity contribution in [3.05, 3.63) is 11.7 Å². The van der Waals surface area contributed by atoms with Crippen molar-refractivity contribution in [1.29, 1.82) is 0 Å². The van der Waals surface area contributed by atoms with Crippen molar-refractivity contribution in [3.8, 4) is 0 Å². The van der Waals surface area contributed by atoms with E-state index < -0.39 is 30.0 Å². The molecule has 0 bridgehead atoms. The highest BCUT2D eigenvalue weighted by Crippen LogP contribution is 2.43. The Labute approximate surface area is 81.0 Å². The van der Waals surface area contributed by atoms with E-state index in [2.05, 4.69) is 4.52 Å². The lowest BCUT2D eigenvalue weighted by atomic mass is 10.3. The Bertz CT molecular complexity index is 377. The minimum atomic E-state index is -6.10. The minimum Gasteiger partial charge on any atom is -0.329 e. The molecule has 0 unspecified atom stereocenters. The van der Waals surface area contributed by atoms with Crippen molar-refractivity contribution in [1.82, 2.24) is 10.1 Å². The lowest BCUT2D eigenvalue weighted by Gasteiger charge is -2.14. The van der Waals surface area contributed by atoms with Gasteiger partial charge in [0.1, 0.15) is 0 Å². The van der Waals surface area contributed by atoms with Crippen molar-refractivity contribution in [3.63, 3.8) is 0 Å². The van der Waals surface area contributed by atoms with Gasteiger partial charge in [0.25, 0.3) is 5.82 Å². The number of hydrogen-bond acceptors (Lipinski definition) is 3. The van der Waals surface area contributed by atoms with E-state index in [0.717, 1.165) is 0 Å². The number of alkyl halides is 8. The van der Waals surface area contributed by atoms with Crippen molar-refractivity contribution in [2.45, 2.75) is 18.3 Å². The molecule has 1 aromatic rings. The normalized spacial score (nSPS) is 14.2. The lowest BCUT2D eigenvalue weighted by Crippen LogP contribution is -2.34. The first-order valence-electron chi connectivity index (χ1n) is 3.32. The fraction of sp³-hybridized carbons (Fsp3) is 0.600. The summed E-state index contributed by atoms with van der Waals surface area (Å²) in [5.74, 6) is -10.3. The van der Waals surface area contributed by atoms with Gasteiger partial charge < -0.3 is 4.52 Å². The minimum absolute atomic E-state index is 1.94. The summed E-state index contributed by atoms with van der Waals surface area (Å²) in [6.45, 7) is 0. The van der Waals surface area contributed by atoms with Gasteiger partial charge in [-0.2, -0.15) is 40.1 Å². The van der Waals surface area contributed by atoms with Crippen LogP contribution in [0.1, 0.15) is 11.7 Å². The first-order valence-corrected chi connectivity index (χ1v) is 3.32. The van der Waals surface area contributed by atoms with Gasteiger partial charge in [-0.3, -0.25) is 0 Å². The summed E-state index contributed by atoms with van der Waals surface area (Å²) in [5, 5.41) is 1.94. The molecule has 0 spiro atoms. The Kier molecular flexibility index (Phi) is 2.60. The van der Waals surface area contributed by atoms with Gasteiger partial charge >= 0.3 is 24.2 Å². The van der Waals surface area contributed by atoms with Crippen LogP contribution in [0.2, 0.25) is 0 Å². The van der Waals surface area contributed by atoms with Crippen LogP contribution in [-0.4, -0.2) is 16.3 Å². The SMILES string of the molecule is FC(F)(F)c1nc(C(F)(F)C(F)(F)F)no1. The molecule has 0 saturated carbocycles. The second-order valence-corrected chi connectivity index (χ2v) is 2.49. The van der Waals surface area contributed by atoms with Crippen molar-refractivity contribution >= 4 is 0 Å². The highest BCUT2D eigenvalue weighted by molar-refractivity contribution is 5.00. The summed E-state index contributed by atoms with van der Waals surface area (Å²) in [7, 11) is 0. The number of nitrogens with zero attached hydrogens (tertiary/aromatic N) is 2. The molecule has 0 aliphatic heterocycles. The Morgan fingerprint density at radius 2 is 1.38 bits per heavy atom. The molecule has 0 radical (unpaired) electrons. The molecule has 1 aromatic heterocycles. The predicted molar refractivity (Wildman–Crippen MR) is 29.2 cm³/mol. The quantitative estimate of drug-likeness (QED) is 0.725. The fourth-order valence-electron chi connectivity index (χ4n) is 0.593. The molecule has 0 aromatic carbocycles. The van der Waals surface area contributed by atoms with Crippen LogP contribution in [0.3, 0.4) is 0 Å². The fourth-order valence-corrected chi connectivity index (χ4v) is 0.593. The van der Waals surface area contributed by atoms with E-state index in [1.807, 2.05) is 10.1 Å². The molecule has 0 saturated heterocycles. The molecule has 0 aliphatic rings. The lowest BCUT2D eigenvalue weighted by molar-refractivity contribution is -0.293.